The van der Waals surface area contributed by atoms with Crippen molar-refractivity contribution in [2.75, 3.05) is 11.1 Å². The lowest BCUT2D eigenvalue weighted by molar-refractivity contribution is 1.09. The minimum absolute atomic E-state index is 0.123. The van der Waals surface area contributed by atoms with Crippen LogP contribution in [0.15, 0.2) is 28.9 Å². The smallest absolute Gasteiger partial charge is 0.224 e. The third-order valence-corrected chi connectivity index (χ3v) is 3.18. The molecule has 0 saturated heterocycles. The molecule has 0 fully saturated rings. The molecule has 8 heteroatoms. The number of fused-ring (bicyclic) bond motifs is 1. The van der Waals surface area contributed by atoms with Gasteiger partial charge in [0.2, 0.25) is 5.95 Å². The van der Waals surface area contributed by atoms with Crippen molar-refractivity contribution in [1.29, 1.82) is 5.26 Å². The molecule has 0 spiro atoms. The monoisotopic (exact) mass is 329 g/mol. The molecule has 7 nitrogen and oxygen atoms in total. The van der Waals surface area contributed by atoms with Crippen molar-refractivity contribution in [3.8, 4) is 6.07 Å². The fourth-order valence-electron chi connectivity index (χ4n) is 1.79. The number of rotatable bonds is 2. The number of hydrogen-bond acceptors (Lipinski definition) is 6. The van der Waals surface area contributed by atoms with E-state index in [1.807, 2.05) is 0 Å². The minimum atomic E-state index is 0.123. The first-order chi connectivity index (χ1) is 9.67. The maximum Gasteiger partial charge on any atom is 0.224 e. The number of H-pyrrole nitrogens is 1. The molecule has 0 unspecified atom stereocenters. The maximum absolute atomic E-state index is 9.13. The number of anilines is 3. The first kappa shape index (κ1) is 12.4. The zero-order valence-electron chi connectivity index (χ0n) is 10.1. The second-order valence-corrected chi connectivity index (χ2v) is 4.91. The highest BCUT2D eigenvalue weighted by molar-refractivity contribution is 9.10. The highest BCUT2D eigenvalue weighted by atomic mass is 79.9. The van der Waals surface area contributed by atoms with Crippen molar-refractivity contribution in [3.05, 3.63) is 34.4 Å². The van der Waals surface area contributed by atoms with Crippen LogP contribution in [-0.2, 0) is 0 Å². The van der Waals surface area contributed by atoms with E-state index in [1.54, 1.807) is 24.4 Å². The van der Waals surface area contributed by atoms with Crippen LogP contribution in [0.1, 0.15) is 5.56 Å². The van der Waals surface area contributed by atoms with E-state index in [9.17, 15) is 0 Å². The number of nitrogens with zero attached hydrogens (tertiary/aromatic N) is 4. The summed E-state index contributed by atoms with van der Waals surface area (Å²) >= 11 is 3.37. The van der Waals surface area contributed by atoms with Crippen molar-refractivity contribution in [2.24, 2.45) is 0 Å². The fourth-order valence-corrected chi connectivity index (χ4v) is 2.15. The van der Waals surface area contributed by atoms with E-state index in [-0.39, 0.29) is 5.95 Å². The Kier molecular flexibility index (Phi) is 2.96. The normalized spacial score (nSPS) is 10.4. The molecule has 0 radical (unpaired) electrons. The molecule has 3 aromatic rings. The van der Waals surface area contributed by atoms with Crippen LogP contribution in [0.4, 0.5) is 17.5 Å². The molecule has 98 valence electrons. The highest BCUT2D eigenvalue weighted by Crippen LogP contribution is 2.27. The van der Waals surface area contributed by atoms with Crippen LogP contribution in [0.2, 0.25) is 0 Å². The summed E-state index contributed by atoms with van der Waals surface area (Å²) in [7, 11) is 0. The van der Waals surface area contributed by atoms with Gasteiger partial charge in [-0.1, -0.05) is 15.9 Å². The molecular weight excluding hydrogens is 322 g/mol. The highest BCUT2D eigenvalue weighted by Gasteiger charge is 2.10. The van der Waals surface area contributed by atoms with Gasteiger partial charge < -0.3 is 11.1 Å². The van der Waals surface area contributed by atoms with Crippen LogP contribution in [0.3, 0.4) is 0 Å². The summed E-state index contributed by atoms with van der Waals surface area (Å²) in [4.78, 5) is 8.18. The summed E-state index contributed by atoms with van der Waals surface area (Å²) in [6.07, 6.45) is 1.60. The molecule has 0 amide bonds. The maximum atomic E-state index is 9.13. The molecular formula is C12H8BrN7. The van der Waals surface area contributed by atoms with Gasteiger partial charge in [0.1, 0.15) is 11.9 Å². The number of aromatic nitrogens is 4. The topological polar surface area (TPSA) is 116 Å². The Balaban J connectivity index is 2.12. The van der Waals surface area contributed by atoms with Gasteiger partial charge in [0.15, 0.2) is 5.65 Å². The van der Waals surface area contributed by atoms with E-state index in [4.69, 9.17) is 11.0 Å². The van der Waals surface area contributed by atoms with Crippen LogP contribution < -0.4 is 11.1 Å². The van der Waals surface area contributed by atoms with Gasteiger partial charge >= 0.3 is 0 Å². The standard InChI is InChI=1S/C12H8BrN7/c13-7-2-1-6(4-14)9(3-7)17-10-8-5-16-20-11(8)19-12(15)18-10/h1-3,5H,(H4,15,16,17,18,19,20). The molecule has 4 N–H and O–H groups in total. The Hall–Kier alpha value is -2.66. The molecule has 1 aromatic carbocycles. The molecule has 0 aliphatic rings. The van der Waals surface area contributed by atoms with Crippen LogP contribution in [0, 0.1) is 11.3 Å². The first-order valence-electron chi connectivity index (χ1n) is 5.60. The average Bonchev–Trinajstić information content (AvgIpc) is 2.87. The molecule has 0 aliphatic heterocycles. The Bertz CT molecular complexity index is 833. The lowest BCUT2D eigenvalue weighted by Gasteiger charge is -2.09. The lowest BCUT2D eigenvalue weighted by atomic mass is 10.2. The van der Waals surface area contributed by atoms with Gasteiger partial charge in [0.25, 0.3) is 0 Å². The van der Waals surface area contributed by atoms with Crippen molar-refractivity contribution in [1.82, 2.24) is 20.2 Å². The van der Waals surface area contributed by atoms with E-state index >= 15 is 0 Å². The van der Waals surface area contributed by atoms with Gasteiger partial charge in [0, 0.05) is 4.47 Å². The van der Waals surface area contributed by atoms with Gasteiger partial charge in [-0.15, -0.1) is 0 Å². The number of nitrogen functional groups attached to an aromatic ring is 1. The molecule has 2 aromatic heterocycles. The lowest BCUT2D eigenvalue weighted by Crippen LogP contribution is -2.01. The second kappa shape index (κ2) is 4.79. The van der Waals surface area contributed by atoms with Crippen LogP contribution in [0.5, 0.6) is 0 Å². The number of nitriles is 1. The van der Waals surface area contributed by atoms with Crippen molar-refractivity contribution in [3.63, 3.8) is 0 Å². The Labute approximate surface area is 122 Å². The second-order valence-electron chi connectivity index (χ2n) is 3.99. The SMILES string of the molecule is N#Cc1ccc(Br)cc1Nc1nc(N)nc2[nH]ncc12. The Morgan fingerprint density at radius 3 is 3.00 bits per heavy atom. The minimum Gasteiger partial charge on any atom is -0.368 e. The average molecular weight is 330 g/mol. The van der Waals surface area contributed by atoms with Crippen LogP contribution >= 0.6 is 15.9 Å². The van der Waals surface area contributed by atoms with Crippen molar-refractivity contribution >= 4 is 44.4 Å². The summed E-state index contributed by atoms with van der Waals surface area (Å²) < 4.78 is 0.851. The number of nitrogens with one attached hydrogen (secondary N) is 2. The van der Waals surface area contributed by atoms with Gasteiger partial charge in [-0.05, 0) is 18.2 Å². The number of benzene rings is 1. The molecule has 3 rings (SSSR count). The predicted octanol–water partition coefficient (Wildman–Crippen LogP) is 2.31. The van der Waals surface area contributed by atoms with Gasteiger partial charge in [-0.3, -0.25) is 5.10 Å². The Morgan fingerprint density at radius 1 is 1.35 bits per heavy atom. The molecule has 0 aliphatic carbocycles. The molecule has 0 atom stereocenters. The van der Waals surface area contributed by atoms with Gasteiger partial charge in [-0.2, -0.15) is 20.3 Å². The molecule has 20 heavy (non-hydrogen) atoms. The van der Waals surface area contributed by atoms with Gasteiger partial charge in [-0.25, -0.2) is 0 Å². The van der Waals surface area contributed by atoms with Gasteiger partial charge in [0.05, 0.1) is 22.8 Å². The molecule has 0 saturated carbocycles. The summed E-state index contributed by atoms with van der Waals surface area (Å²) in [5.74, 6) is 0.619. The van der Waals surface area contributed by atoms with Crippen LogP contribution in [0.25, 0.3) is 11.0 Å². The van der Waals surface area contributed by atoms with E-state index in [0.717, 1.165) is 4.47 Å². The summed E-state index contributed by atoms with van der Waals surface area (Å²) in [6.45, 7) is 0. The number of aromatic amines is 1. The number of halogens is 1. The largest absolute Gasteiger partial charge is 0.368 e. The van der Waals surface area contributed by atoms with E-state index in [2.05, 4.69) is 47.5 Å². The fraction of sp³-hybridized carbons (Fsp3) is 0. The zero-order valence-corrected chi connectivity index (χ0v) is 11.6. The van der Waals surface area contributed by atoms with E-state index < -0.39 is 0 Å². The molecule has 2 heterocycles. The number of nitrogens with two attached hydrogens (primary N) is 1. The zero-order chi connectivity index (χ0) is 14.1. The third kappa shape index (κ3) is 2.15. The predicted molar refractivity (Wildman–Crippen MR) is 78.2 cm³/mol. The Morgan fingerprint density at radius 2 is 2.20 bits per heavy atom. The van der Waals surface area contributed by atoms with Crippen molar-refractivity contribution in [2.45, 2.75) is 0 Å². The van der Waals surface area contributed by atoms with Crippen molar-refractivity contribution < 1.29 is 0 Å². The quantitative estimate of drug-likeness (QED) is 0.664. The molecule has 0 bridgehead atoms. The van der Waals surface area contributed by atoms with E-state index in [0.29, 0.717) is 28.1 Å². The van der Waals surface area contributed by atoms with E-state index in [1.165, 1.54) is 0 Å². The third-order valence-electron chi connectivity index (χ3n) is 2.68. The first-order valence-corrected chi connectivity index (χ1v) is 6.40. The summed E-state index contributed by atoms with van der Waals surface area (Å²) in [6, 6.07) is 7.42. The number of hydrogen-bond donors (Lipinski definition) is 3. The summed E-state index contributed by atoms with van der Waals surface area (Å²) in [5.41, 5.74) is 7.32. The van der Waals surface area contributed by atoms with Crippen LogP contribution in [-0.4, -0.2) is 20.2 Å². The summed E-state index contributed by atoms with van der Waals surface area (Å²) in [5, 5.41) is 19.6.